The Balaban J connectivity index is 2.29. The zero-order valence-electron chi connectivity index (χ0n) is 22.6. The van der Waals surface area contributed by atoms with Crippen LogP contribution < -0.4 is 15.4 Å². The number of ether oxygens (including phenoxy) is 2. The molecular formula is C29H40FN3O3. The molecule has 2 aromatic carbocycles. The van der Waals surface area contributed by atoms with Gasteiger partial charge < -0.3 is 20.1 Å². The SMILES string of the molecule is C/C=N\c1cc(OCCOC)cc(F)c1/C(Nc1ccc(NC(=O)CCC(C)(C)C)cc1)=C(\C)CC. The van der Waals surface area contributed by atoms with E-state index in [0.29, 0.717) is 42.3 Å². The number of nitrogens with one attached hydrogen (secondary N) is 2. The molecule has 7 heteroatoms. The van der Waals surface area contributed by atoms with Crippen molar-refractivity contribution in [3.8, 4) is 5.75 Å². The van der Waals surface area contributed by atoms with Crippen molar-refractivity contribution in [1.29, 1.82) is 0 Å². The lowest BCUT2D eigenvalue weighted by Gasteiger charge is -2.19. The molecule has 0 saturated heterocycles. The molecule has 6 nitrogen and oxygen atoms in total. The smallest absolute Gasteiger partial charge is 0.224 e. The fraction of sp³-hybridized carbons (Fsp3) is 0.448. The van der Waals surface area contributed by atoms with Crippen molar-refractivity contribution < 1.29 is 18.7 Å². The van der Waals surface area contributed by atoms with Crippen LogP contribution in [0.1, 0.15) is 66.4 Å². The summed E-state index contributed by atoms with van der Waals surface area (Å²) in [6.07, 6.45) is 3.64. The van der Waals surface area contributed by atoms with Gasteiger partial charge in [0, 0.05) is 48.9 Å². The number of aliphatic imine (C=N–C) groups is 1. The van der Waals surface area contributed by atoms with Crippen LogP contribution in [0.4, 0.5) is 21.5 Å². The maximum atomic E-state index is 15.4. The lowest BCUT2D eigenvalue weighted by molar-refractivity contribution is -0.116. The molecule has 36 heavy (non-hydrogen) atoms. The van der Waals surface area contributed by atoms with Crippen LogP contribution in [-0.4, -0.2) is 32.4 Å². The minimum Gasteiger partial charge on any atom is -0.491 e. The fourth-order valence-corrected chi connectivity index (χ4v) is 3.44. The third-order valence-corrected chi connectivity index (χ3v) is 5.61. The lowest BCUT2D eigenvalue weighted by atomic mass is 9.90. The number of halogens is 1. The van der Waals surface area contributed by atoms with Gasteiger partial charge in [-0.2, -0.15) is 0 Å². The first-order valence-electron chi connectivity index (χ1n) is 12.4. The van der Waals surface area contributed by atoms with E-state index in [0.717, 1.165) is 29.8 Å². The monoisotopic (exact) mass is 497 g/mol. The normalized spacial score (nSPS) is 12.4. The highest BCUT2D eigenvalue weighted by Crippen LogP contribution is 2.36. The molecule has 196 valence electrons. The number of carbonyl (C=O) groups is 1. The van der Waals surface area contributed by atoms with Crippen LogP contribution in [0.5, 0.6) is 5.75 Å². The first-order valence-corrected chi connectivity index (χ1v) is 12.4. The molecule has 0 bridgehead atoms. The van der Waals surface area contributed by atoms with Gasteiger partial charge in [0.15, 0.2) is 0 Å². The number of benzene rings is 2. The molecule has 0 heterocycles. The Morgan fingerprint density at radius 2 is 1.72 bits per heavy atom. The number of hydrogen-bond acceptors (Lipinski definition) is 5. The van der Waals surface area contributed by atoms with Crippen LogP contribution in [0.15, 0.2) is 47.0 Å². The Morgan fingerprint density at radius 1 is 1.08 bits per heavy atom. The fourth-order valence-electron chi connectivity index (χ4n) is 3.44. The van der Waals surface area contributed by atoms with Crippen molar-refractivity contribution in [2.24, 2.45) is 10.4 Å². The predicted octanol–water partition coefficient (Wildman–Crippen LogP) is 7.59. The van der Waals surface area contributed by atoms with Crippen molar-refractivity contribution in [3.05, 3.63) is 53.4 Å². The van der Waals surface area contributed by atoms with Gasteiger partial charge in [-0.25, -0.2) is 4.39 Å². The highest BCUT2D eigenvalue weighted by Gasteiger charge is 2.18. The molecule has 1 amide bonds. The van der Waals surface area contributed by atoms with E-state index in [4.69, 9.17) is 9.47 Å². The van der Waals surface area contributed by atoms with Gasteiger partial charge in [-0.3, -0.25) is 9.79 Å². The molecule has 0 fully saturated rings. The molecule has 0 aromatic heterocycles. The highest BCUT2D eigenvalue weighted by molar-refractivity contribution is 5.91. The number of amides is 1. The molecule has 2 aromatic rings. The zero-order chi connectivity index (χ0) is 26.7. The van der Waals surface area contributed by atoms with Gasteiger partial charge in [0.05, 0.1) is 17.9 Å². The van der Waals surface area contributed by atoms with Crippen molar-refractivity contribution in [2.45, 2.75) is 60.8 Å². The van der Waals surface area contributed by atoms with E-state index in [1.54, 1.807) is 26.3 Å². The van der Waals surface area contributed by atoms with Gasteiger partial charge >= 0.3 is 0 Å². The Hall–Kier alpha value is -3.19. The summed E-state index contributed by atoms with van der Waals surface area (Å²) in [6, 6.07) is 10.5. The number of hydrogen-bond donors (Lipinski definition) is 2. The van der Waals surface area contributed by atoms with Crippen molar-refractivity contribution in [3.63, 3.8) is 0 Å². The van der Waals surface area contributed by atoms with Crippen LogP contribution >= 0.6 is 0 Å². The average molecular weight is 498 g/mol. The molecule has 2 rings (SSSR count). The number of rotatable bonds is 12. The topological polar surface area (TPSA) is 72.0 Å². The van der Waals surface area contributed by atoms with Gasteiger partial charge in [-0.05, 0) is 61.9 Å². The van der Waals surface area contributed by atoms with Gasteiger partial charge in [0.2, 0.25) is 5.91 Å². The first-order chi connectivity index (χ1) is 17.1. The quantitative estimate of drug-likeness (QED) is 0.234. The third kappa shape index (κ3) is 9.11. The number of nitrogens with zero attached hydrogens (tertiary/aromatic N) is 1. The van der Waals surface area contributed by atoms with Gasteiger partial charge in [0.1, 0.15) is 18.2 Å². The Bertz CT molecular complexity index is 1070. The number of carbonyl (C=O) groups excluding carboxylic acids is 1. The van der Waals surface area contributed by atoms with E-state index in [1.807, 2.05) is 38.1 Å². The van der Waals surface area contributed by atoms with Crippen LogP contribution in [0.3, 0.4) is 0 Å². The van der Waals surface area contributed by atoms with Crippen LogP contribution in [-0.2, 0) is 9.53 Å². The summed E-state index contributed by atoms with van der Waals surface area (Å²) in [7, 11) is 1.59. The number of allylic oxidation sites excluding steroid dienone is 1. The van der Waals surface area contributed by atoms with Gasteiger partial charge in [-0.15, -0.1) is 0 Å². The maximum absolute atomic E-state index is 15.4. The van der Waals surface area contributed by atoms with Gasteiger partial charge in [0.25, 0.3) is 0 Å². The van der Waals surface area contributed by atoms with Crippen molar-refractivity contribution in [2.75, 3.05) is 31.0 Å². The van der Waals surface area contributed by atoms with Crippen molar-refractivity contribution >= 4 is 34.9 Å². The van der Waals surface area contributed by atoms with Crippen LogP contribution in [0.25, 0.3) is 5.70 Å². The zero-order valence-corrected chi connectivity index (χ0v) is 22.6. The Kier molecular flexibility index (Phi) is 11.1. The summed E-state index contributed by atoms with van der Waals surface area (Å²) in [5.74, 6) is -0.0394. The van der Waals surface area contributed by atoms with Crippen LogP contribution in [0, 0.1) is 11.2 Å². The number of anilines is 2. The van der Waals surface area contributed by atoms with E-state index in [2.05, 4.69) is 36.4 Å². The second kappa shape index (κ2) is 13.8. The lowest BCUT2D eigenvalue weighted by Crippen LogP contribution is -2.15. The van der Waals surface area contributed by atoms with E-state index >= 15 is 4.39 Å². The molecule has 0 aliphatic heterocycles. The second-order valence-electron chi connectivity index (χ2n) is 9.85. The van der Waals surface area contributed by atoms with E-state index in [1.165, 1.54) is 6.07 Å². The summed E-state index contributed by atoms with van der Waals surface area (Å²) in [4.78, 5) is 16.7. The van der Waals surface area contributed by atoms with E-state index in [-0.39, 0.29) is 11.3 Å². The second-order valence-corrected chi connectivity index (χ2v) is 9.85. The molecule has 0 unspecified atom stereocenters. The summed E-state index contributed by atoms with van der Waals surface area (Å²) >= 11 is 0. The van der Waals surface area contributed by atoms with Crippen LogP contribution in [0.2, 0.25) is 0 Å². The molecule has 0 radical (unpaired) electrons. The molecule has 0 aliphatic carbocycles. The minimum absolute atomic E-state index is 0.00926. The maximum Gasteiger partial charge on any atom is 0.224 e. The third-order valence-electron chi connectivity index (χ3n) is 5.61. The molecule has 0 aliphatic rings. The highest BCUT2D eigenvalue weighted by atomic mass is 19.1. The molecule has 0 spiro atoms. The largest absolute Gasteiger partial charge is 0.491 e. The Morgan fingerprint density at radius 3 is 2.28 bits per heavy atom. The van der Waals surface area contributed by atoms with E-state index in [9.17, 15) is 4.79 Å². The average Bonchev–Trinajstić information content (AvgIpc) is 2.82. The summed E-state index contributed by atoms with van der Waals surface area (Å²) < 4.78 is 26.1. The first kappa shape index (κ1) is 29.0. The molecular weight excluding hydrogens is 457 g/mol. The predicted molar refractivity (Wildman–Crippen MR) is 148 cm³/mol. The van der Waals surface area contributed by atoms with Crippen molar-refractivity contribution in [1.82, 2.24) is 0 Å². The Labute approximate surface area is 215 Å². The number of methoxy groups -OCH3 is 1. The van der Waals surface area contributed by atoms with E-state index < -0.39 is 5.82 Å². The summed E-state index contributed by atoms with van der Waals surface area (Å²) in [5, 5.41) is 6.32. The summed E-state index contributed by atoms with van der Waals surface area (Å²) in [5.41, 5.74) is 4.09. The minimum atomic E-state index is -0.427. The molecule has 0 saturated carbocycles. The van der Waals surface area contributed by atoms with Gasteiger partial charge in [-0.1, -0.05) is 27.7 Å². The summed E-state index contributed by atoms with van der Waals surface area (Å²) in [6.45, 7) is 12.9. The molecule has 2 N–H and O–H groups in total. The molecule has 0 atom stereocenters. The standard InChI is InChI=1S/C29H40FN3O3/c1-8-20(3)28(27-24(30)18-23(36-17-16-35-7)19-25(27)31-9-2)33-22-12-10-21(11-13-22)32-26(34)14-15-29(4,5)6/h9-13,18-19,33H,8,14-17H2,1-7H3,(H,32,34)/b28-20-,31-9-.